The maximum Gasteiger partial charge on any atom is 0.287 e. The Morgan fingerprint density at radius 1 is 0.964 bits per heavy atom. The van der Waals surface area contributed by atoms with E-state index < -0.39 is 0 Å². The summed E-state index contributed by atoms with van der Waals surface area (Å²) >= 11 is 1.73. The molecule has 2 aromatic carbocycles. The van der Waals surface area contributed by atoms with Gasteiger partial charge in [-0.1, -0.05) is 55.5 Å². The molecular weight excluding hydrogens is 372 g/mol. The largest absolute Gasteiger partial charge is 0.451 e. The van der Waals surface area contributed by atoms with Crippen molar-refractivity contribution in [3.63, 3.8) is 0 Å². The topological polar surface area (TPSA) is 71.3 Å². The van der Waals surface area contributed by atoms with Crippen molar-refractivity contribution in [1.82, 2.24) is 10.6 Å². The van der Waals surface area contributed by atoms with Gasteiger partial charge in [0.2, 0.25) is 5.91 Å². The molecule has 0 unspecified atom stereocenters. The number of amides is 2. The van der Waals surface area contributed by atoms with Gasteiger partial charge in [-0.2, -0.15) is 11.8 Å². The molecule has 0 radical (unpaired) electrons. The van der Waals surface area contributed by atoms with Crippen molar-refractivity contribution in [3.8, 4) is 0 Å². The van der Waals surface area contributed by atoms with Crippen LogP contribution in [-0.2, 0) is 16.3 Å². The first-order valence-corrected chi connectivity index (χ1v) is 10.5. The summed E-state index contributed by atoms with van der Waals surface area (Å²) in [7, 11) is 0. The van der Waals surface area contributed by atoms with Gasteiger partial charge in [-0.25, -0.2) is 0 Å². The van der Waals surface area contributed by atoms with Crippen LogP contribution in [0.1, 0.15) is 35.0 Å². The van der Waals surface area contributed by atoms with E-state index in [2.05, 4.69) is 22.8 Å². The summed E-state index contributed by atoms with van der Waals surface area (Å²) in [6.45, 7) is 2.51. The highest BCUT2D eigenvalue weighted by Crippen LogP contribution is 2.30. The summed E-state index contributed by atoms with van der Waals surface area (Å²) in [6, 6.07) is 17.8. The first kappa shape index (κ1) is 20.0. The van der Waals surface area contributed by atoms with Gasteiger partial charge in [-0.3, -0.25) is 9.59 Å². The van der Waals surface area contributed by atoms with E-state index in [1.54, 1.807) is 11.8 Å². The molecule has 5 nitrogen and oxygen atoms in total. The van der Waals surface area contributed by atoms with E-state index in [0.29, 0.717) is 17.9 Å². The third kappa shape index (κ3) is 5.16. The monoisotopic (exact) mass is 396 g/mol. The highest BCUT2D eigenvalue weighted by atomic mass is 32.2. The van der Waals surface area contributed by atoms with E-state index in [1.807, 2.05) is 49.4 Å². The molecule has 0 atom stereocenters. The molecule has 0 aliphatic carbocycles. The Labute approximate surface area is 168 Å². The summed E-state index contributed by atoms with van der Waals surface area (Å²) in [4.78, 5) is 24.4. The number of furan rings is 1. The van der Waals surface area contributed by atoms with Crippen molar-refractivity contribution in [3.05, 3.63) is 71.5 Å². The normalized spacial score (nSPS) is 10.8. The zero-order valence-corrected chi connectivity index (χ0v) is 16.7. The van der Waals surface area contributed by atoms with Gasteiger partial charge in [0.05, 0.1) is 6.54 Å². The molecule has 0 aliphatic heterocycles. The molecule has 3 rings (SSSR count). The fourth-order valence-electron chi connectivity index (χ4n) is 2.84. The summed E-state index contributed by atoms with van der Waals surface area (Å²) in [5.74, 6) is 1.21. The van der Waals surface area contributed by atoms with Gasteiger partial charge in [0.1, 0.15) is 5.58 Å². The molecule has 1 aromatic heterocycles. The third-order valence-electron chi connectivity index (χ3n) is 4.24. The Bertz CT molecular complexity index is 937. The number of nitrogens with one attached hydrogen (secondary N) is 2. The first-order valence-electron chi connectivity index (χ1n) is 9.36. The van der Waals surface area contributed by atoms with E-state index in [0.717, 1.165) is 23.1 Å². The first-order chi connectivity index (χ1) is 13.7. The van der Waals surface area contributed by atoms with Crippen LogP contribution in [0.2, 0.25) is 0 Å². The smallest absolute Gasteiger partial charge is 0.287 e. The van der Waals surface area contributed by atoms with Gasteiger partial charge in [0.25, 0.3) is 5.91 Å². The van der Waals surface area contributed by atoms with Crippen LogP contribution >= 0.6 is 11.8 Å². The number of para-hydroxylation sites is 1. The predicted octanol–water partition coefficient (Wildman–Crippen LogP) is 4.12. The molecule has 0 spiro atoms. The molecule has 2 N–H and O–H groups in total. The number of carbonyl (C=O) groups excluding carboxylic acids is 2. The molecule has 3 aromatic rings. The second-order valence-electron chi connectivity index (χ2n) is 6.42. The van der Waals surface area contributed by atoms with Gasteiger partial charge in [-0.05, 0) is 18.1 Å². The predicted molar refractivity (Wildman–Crippen MR) is 113 cm³/mol. The number of rotatable bonds is 9. The maximum atomic E-state index is 12.7. The van der Waals surface area contributed by atoms with Gasteiger partial charge < -0.3 is 15.1 Å². The summed E-state index contributed by atoms with van der Waals surface area (Å²) < 4.78 is 5.82. The summed E-state index contributed by atoms with van der Waals surface area (Å²) in [5.41, 5.74) is 2.78. The van der Waals surface area contributed by atoms with Crippen LogP contribution in [0.4, 0.5) is 0 Å². The number of fused-ring (bicyclic) bond motifs is 1. The Morgan fingerprint density at radius 3 is 2.50 bits per heavy atom. The van der Waals surface area contributed by atoms with Crippen LogP contribution in [0.25, 0.3) is 11.0 Å². The minimum Gasteiger partial charge on any atom is -0.451 e. The van der Waals surface area contributed by atoms with Crippen LogP contribution in [0, 0.1) is 0 Å². The molecular formula is C22H24N2O3S. The van der Waals surface area contributed by atoms with Gasteiger partial charge in [0, 0.05) is 29.0 Å². The van der Waals surface area contributed by atoms with Gasteiger partial charge in [-0.15, -0.1) is 0 Å². The fourth-order valence-corrected chi connectivity index (χ4v) is 3.86. The van der Waals surface area contributed by atoms with Gasteiger partial charge in [0.15, 0.2) is 5.76 Å². The van der Waals surface area contributed by atoms with E-state index >= 15 is 0 Å². The fraction of sp³-hybridized carbons (Fsp3) is 0.273. The number of thioether (sulfide) groups is 1. The lowest BCUT2D eigenvalue weighted by atomic mass is 10.1. The molecule has 2 amide bonds. The Hall–Kier alpha value is -2.73. The van der Waals surface area contributed by atoms with E-state index in [-0.39, 0.29) is 24.1 Å². The number of carbonyl (C=O) groups is 2. The van der Waals surface area contributed by atoms with Crippen LogP contribution in [-0.4, -0.2) is 24.9 Å². The average molecular weight is 397 g/mol. The quantitative estimate of drug-likeness (QED) is 0.571. The van der Waals surface area contributed by atoms with Crippen molar-refractivity contribution in [2.75, 3.05) is 13.1 Å². The molecule has 146 valence electrons. The Morgan fingerprint density at radius 2 is 1.71 bits per heavy atom. The number of hydrogen-bond acceptors (Lipinski definition) is 4. The second-order valence-corrected chi connectivity index (χ2v) is 7.40. The SMILES string of the molecule is CCCNC(=O)CNC(=O)c1oc2ccccc2c1CSCc1ccccc1. The lowest BCUT2D eigenvalue weighted by molar-refractivity contribution is -0.120. The molecule has 6 heteroatoms. The van der Waals surface area contributed by atoms with Gasteiger partial charge >= 0.3 is 0 Å². The summed E-state index contributed by atoms with van der Waals surface area (Å²) in [5, 5.41) is 6.34. The van der Waals surface area contributed by atoms with Crippen LogP contribution in [0.5, 0.6) is 0 Å². The lowest BCUT2D eigenvalue weighted by Gasteiger charge is -2.06. The van der Waals surface area contributed by atoms with Crippen molar-refractivity contribution >= 4 is 34.5 Å². The minimum absolute atomic E-state index is 0.0630. The zero-order valence-electron chi connectivity index (χ0n) is 15.9. The second kappa shape index (κ2) is 9.99. The van der Waals surface area contributed by atoms with E-state index in [1.165, 1.54) is 5.56 Å². The number of hydrogen-bond donors (Lipinski definition) is 2. The number of benzene rings is 2. The molecule has 28 heavy (non-hydrogen) atoms. The van der Waals surface area contributed by atoms with Crippen molar-refractivity contribution < 1.29 is 14.0 Å². The minimum atomic E-state index is -0.363. The standard InChI is InChI=1S/C22H24N2O3S/c1-2-12-23-20(25)13-24-22(26)21-18(17-10-6-7-11-19(17)27-21)15-28-14-16-8-4-3-5-9-16/h3-11H,2,12-15H2,1H3,(H,23,25)(H,24,26). The van der Waals surface area contributed by atoms with Crippen LogP contribution < -0.4 is 10.6 Å². The van der Waals surface area contributed by atoms with Crippen LogP contribution in [0.3, 0.4) is 0 Å². The highest BCUT2D eigenvalue weighted by Gasteiger charge is 2.20. The average Bonchev–Trinajstić information content (AvgIpc) is 3.10. The Kier molecular flexibility index (Phi) is 7.14. The molecule has 0 bridgehead atoms. The summed E-state index contributed by atoms with van der Waals surface area (Å²) in [6.07, 6.45) is 0.853. The molecule has 0 fully saturated rings. The maximum absolute atomic E-state index is 12.7. The van der Waals surface area contributed by atoms with Crippen molar-refractivity contribution in [2.45, 2.75) is 24.9 Å². The lowest BCUT2D eigenvalue weighted by Crippen LogP contribution is -2.37. The highest BCUT2D eigenvalue weighted by molar-refractivity contribution is 7.97. The molecule has 0 saturated carbocycles. The third-order valence-corrected chi connectivity index (χ3v) is 5.27. The van der Waals surface area contributed by atoms with E-state index in [9.17, 15) is 9.59 Å². The van der Waals surface area contributed by atoms with Crippen molar-refractivity contribution in [1.29, 1.82) is 0 Å². The zero-order chi connectivity index (χ0) is 19.8. The van der Waals surface area contributed by atoms with Crippen molar-refractivity contribution in [2.24, 2.45) is 0 Å². The Balaban J connectivity index is 1.71. The molecule has 0 aliphatic rings. The van der Waals surface area contributed by atoms with E-state index in [4.69, 9.17) is 4.42 Å². The molecule has 0 saturated heterocycles. The van der Waals surface area contributed by atoms with Crippen LogP contribution in [0.15, 0.2) is 59.0 Å². The molecule has 1 heterocycles.